The van der Waals surface area contributed by atoms with Gasteiger partial charge in [0.15, 0.2) is 0 Å². The Morgan fingerprint density at radius 1 is 1.29 bits per heavy atom. The van der Waals surface area contributed by atoms with Gasteiger partial charge in [0.25, 0.3) is 0 Å². The first-order valence-electron chi connectivity index (χ1n) is 4.74. The van der Waals surface area contributed by atoms with Crippen LogP contribution in [0.5, 0.6) is 0 Å². The first-order valence-corrected chi connectivity index (χ1v) is 5.62. The van der Waals surface area contributed by atoms with Crippen molar-refractivity contribution in [1.82, 2.24) is 0 Å². The van der Waals surface area contributed by atoms with E-state index in [2.05, 4.69) is 0 Å². The zero-order chi connectivity index (χ0) is 10.1. The molecule has 0 N–H and O–H groups in total. The van der Waals surface area contributed by atoms with Crippen LogP contribution in [0.1, 0.15) is 35.6 Å². The summed E-state index contributed by atoms with van der Waals surface area (Å²) in [5, 5.41) is 2.02. The van der Waals surface area contributed by atoms with Crippen molar-refractivity contribution >= 4 is 22.9 Å². The Morgan fingerprint density at radius 3 is 2.43 bits per heavy atom. The van der Waals surface area contributed by atoms with E-state index in [0.29, 0.717) is 12.8 Å². The SMILES string of the molecule is Cc1ccsc1C1CC(=O)CC(=O)C1. The van der Waals surface area contributed by atoms with E-state index >= 15 is 0 Å². The molecule has 1 aromatic heterocycles. The van der Waals surface area contributed by atoms with Crippen LogP contribution in [0.4, 0.5) is 0 Å². The molecular weight excluding hydrogens is 196 g/mol. The van der Waals surface area contributed by atoms with Crippen LogP contribution in [0.3, 0.4) is 0 Å². The number of carbonyl (C=O) groups is 2. The van der Waals surface area contributed by atoms with Crippen LogP contribution < -0.4 is 0 Å². The van der Waals surface area contributed by atoms with Gasteiger partial charge in [-0.1, -0.05) is 0 Å². The predicted molar refractivity (Wildman–Crippen MR) is 55.7 cm³/mol. The van der Waals surface area contributed by atoms with E-state index in [4.69, 9.17) is 0 Å². The van der Waals surface area contributed by atoms with Crippen LogP contribution in [-0.2, 0) is 9.59 Å². The van der Waals surface area contributed by atoms with Gasteiger partial charge >= 0.3 is 0 Å². The summed E-state index contributed by atoms with van der Waals surface area (Å²) in [6, 6.07) is 2.05. The second-order valence-electron chi connectivity index (χ2n) is 3.83. The van der Waals surface area contributed by atoms with E-state index in [0.717, 1.165) is 0 Å². The van der Waals surface area contributed by atoms with Crippen LogP contribution in [0.25, 0.3) is 0 Å². The Hall–Kier alpha value is -0.960. The van der Waals surface area contributed by atoms with E-state index in [-0.39, 0.29) is 23.9 Å². The van der Waals surface area contributed by atoms with Crippen molar-refractivity contribution in [2.24, 2.45) is 0 Å². The molecule has 1 aliphatic rings. The molecule has 1 saturated carbocycles. The summed E-state index contributed by atoms with van der Waals surface area (Å²) < 4.78 is 0. The molecule has 0 saturated heterocycles. The lowest BCUT2D eigenvalue weighted by molar-refractivity contribution is -0.130. The molecule has 0 bridgehead atoms. The minimum atomic E-state index is 0.0963. The molecule has 0 aliphatic heterocycles. The standard InChI is InChI=1S/C11H12O2S/c1-7-2-3-14-11(7)8-4-9(12)6-10(13)5-8/h2-3,8H,4-6H2,1H3. The topological polar surface area (TPSA) is 34.1 Å². The normalized spacial score (nSPS) is 18.9. The van der Waals surface area contributed by atoms with Crippen molar-refractivity contribution in [2.75, 3.05) is 0 Å². The molecule has 1 aliphatic carbocycles. The molecule has 2 nitrogen and oxygen atoms in total. The number of Topliss-reactive ketones (excluding diaryl/α,β-unsaturated/α-hetero) is 2. The lowest BCUT2D eigenvalue weighted by Crippen LogP contribution is -2.21. The molecule has 2 rings (SSSR count). The Labute approximate surface area is 86.9 Å². The molecule has 0 aromatic carbocycles. The molecule has 1 heterocycles. The zero-order valence-electron chi connectivity index (χ0n) is 8.08. The molecule has 3 heteroatoms. The summed E-state index contributed by atoms with van der Waals surface area (Å²) >= 11 is 1.66. The summed E-state index contributed by atoms with van der Waals surface area (Å²) in [7, 11) is 0. The number of ketones is 2. The summed E-state index contributed by atoms with van der Waals surface area (Å²) in [4.78, 5) is 23.8. The molecular formula is C11H12O2S. The number of hydrogen-bond donors (Lipinski definition) is 0. The molecule has 0 radical (unpaired) electrons. The molecule has 0 amide bonds. The van der Waals surface area contributed by atoms with Crippen LogP contribution in [0, 0.1) is 6.92 Å². The first kappa shape index (κ1) is 9.59. The van der Waals surface area contributed by atoms with Gasteiger partial charge in [-0.15, -0.1) is 11.3 Å². The lowest BCUT2D eigenvalue weighted by Gasteiger charge is -2.19. The summed E-state index contributed by atoms with van der Waals surface area (Å²) in [5.74, 6) is 0.349. The fourth-order valence-electron chi connectivity index (χ4n) is 1.97. The number of hydrogen-bond acceptors (Lipinski definition) is 3. The summed E-state index contributed by atoms with van der Waals surface area (Å²) in [5.41, 5.74) is 1.21. The fraction of sp³-hybridized carbons (Fsp3) is 0.455. The monoisotopic (exact) mass is 208 g/mol. The van der Waals surface area contributed by atoms with Crippen molar-refractivity contribution in [2.45, 2.75) is 32.1 Å². The molecule has 1 fully saturated rings. The van der Waals surface area contributed by atoms with E-state index in [1.807, 2.05) is 18.4 Å². The third kappa shape index (κ3) is 1.77. The van der Waals surface area contributed by atoms with Crippen LogP contribution >= 0.6 is 11.3 Å². The average Bonchev–Trinajstić information content (AvgIpc) is 2.49. The van der Waals surface area contributed by atoms with Gasteiger partial charge in [0.05, 0.1) is 6.42 Å². The zero-order valence-corrected chi connectivity index (χ0v) is 8.89. The predicted octanol–water partition coefficient (Wildman–Crippen LogP) is 2.46. The fourth-order valence-corrected chi connectivity index (χ4v) is 3.01. The molecule has 0 unspecified atom stereocenters. The second kappa shape index (κ2) is 3.65. The number of carbonyl (C=O) groups excluding carboxylic acids is 2. The Morgan fingerprint density at radius 2 is 1.93 bits per heavy atom. The lowest BCUT2D eigenvalue weighted by atomic mass is 9.85. The Bertz CT molecular complexity index is 362. The maximum absolute atomic E-state index is 11.3. The average molecular weight is 208 g/mol. The Kier molecular flexibility index (Phi) is 2.50. The van der Waals surface area contributed by atoms with Gasteiger partial charge in [-0.05, 0) is 23.9 Å². The third-order valence-electron chi connectivity index (χ3n) is 2.61. The quantitative estimate of drug-likeness (QED) is 0.664. The van der Waals surface area contributed by atoms with Gasteiger partial charge in [0, 0.05) is 23.6 Å². The van der Waals surface area contributed by atoms with Gasteiger partial charge in [-0.25, -0.2) is 0 Å². The maximum atomic E-state index is 11.3. The van der Waals surface area contributed by atoms with E-state index in [9.17, 15) is 9.59 Å². The van der Waals surface area contributed by atoms with E-state index < -0.39 is 0 Å². The van der Waals surface area contributed by atoms with Crippen LogP contribution in [-0.4, -0.2) is 11.6 Å². The molecule has 14 heavy (non-hydrogen) atoms. The van der Waals surface area contributed by atoms with E-state index in [1.54, 1.807) is 11.3 Å². The molecule has 0 spiro atoms. The van der Waals surface area contributed by atoms with Gasteiger partial charge < -0.3 is 0 Å². The third-order valence-corrected chi connectivity index (χ3v) is 3.80. The minimum absolute atomic E-state index is 0.0963. The minimum Gasteiger partial charge on any atom is -0.299 e. The maximum Gasteiger partial charge on any atom is 0.140 e. The van der Waals surface area contributed by atoms with Crippen LogP contribution in [0.15, 0.2) is 11.4 Å². The highest BCUT2D eigenvalue weighted by Gasteiger charge is 2.27. The molecule has 74 valence electrons. The Balaban J connectivity index is 2.23. The summed E-state index contributed by atoms with van der Waals surface area (Å²) in [6.07, 6.45) is 1.25. The summed E-state index contributed by atoms with van der Waals surface area (Å²) in [6.45, 7) is 2.04. The van der Waals surface area contributed by atoms with Gasteiger partial charge in [0.2, 0.25) is 0 Å². The first-order chi connectivity index (χ1) is 6.66. The van der Waals surface area contributed by atoms with Crippen molar-refractivity contribution < 1.29 is 9.59 Å². The molecule has 0 atom stereocenters. The highest BCUT2D eigenvalue weighted by Crippen LogP contribution is 2.34. The smallest absolute Gasteiger partial charge is 0.140 e. The number of rotatable bonds is 1. The second-order valence-corrected chi connectivity index (χ2v) is 4.77. The van der Waals surface area contributed by atoms with Gasteiger partial charge in [0.1, 0.15) is 11.6 Å². The van der Waals surface area contributed by atoms with Crippen molar-refractivity contribution in [1.29, 1.82) is 0 Å². The highest BCUT2D eigenvalue weighted by atomic mass is 32.1. The molecule has 1 aromatic rings. The largest absolute Gasteiger partial charge is 0.299 e. The van der Waals surface area contributed by atoms with Crippen molar-refractivity contribution in [3.05, 3.63) is 21.9 Å². The number of aryl methyl sites for hydroxylation is 1. The van der Waals surface area contributed by atoms with Gasteiger partial charge in [-0.2, -0.15) is 0 Å². The van der Waals surface area contributed by atoms with Crippen LogP contribution in [0.2, 0.25) is 0 Å². The van der Waals surface area contributed by atoms with Gasteiger partial charge in [-0.3, -0.25) is 9.59 Å². The van der Waals surface area contributed by atoms with Crippen molar-refractivity contribution in [3.8, 4) is 0 Å². The number of thiophene rings is 1. The van der Waals surface area contributed by atoms with E-state index in [1.165, 1.54) is 10.4 Å². The van der Waals surface area contributed by atoms with Crippen molar-refractivity contribution in [3.63, 3.8) is 0 Å². The highest BCUT2D eigenvalue weighted by molar-refractivity contribution is 7.10.